The van der Waals surface area contributed by atoms with E-state index >= 15 is 0 Å². The topological polar surface area (TPSA) is 75.2 Å². The first-order valence-electron chi connectivity index (χ1n) is 8.25. The van der Waals surface area contributed by atoms with Crippen LogP contribution in [-0.4, -0.2) is 40.3 Å². The van der Waals surface area contributed by atoms with E-state index in [-0.39, 0.29) is 23.2 Å². The highest BCUT2D eigenvalue weighted by Gasteiger charge is 2.33. The lowest BCUT2D eigenvalue weighted by atomic mass is 9.89. The molecule has 2 amide bonds. The van der Waals surface area contributed by atoms with Gasteiger partial charge in [0.05, 0.1) is 5.92 Å². The number of nitrogens with one attached hydrogen (secondary N) is 1. The summed E-state index contributed by atoms with van der Waals surface area (Å²) in [5.74, 6) is -0.444. The molecule has 1 aromatic carbocycles. The van der Waals surface area contributed by atoms with Crippen LogP contribution in [0.25, 0.3) is 0 Å². The molecule has 130 valence electrons. The molecule has 0 aliphatic carbocycles. The van der Waals surface area contributed by atoms with Crippen molar-refractivity contribution in [3.05, 3.63) is 53.3 Å². The van der Waals surface area contributed by atoms with Crippen molar-refractivity contribution in [2.75, 3.05) is 18.9 Å². The van der Waals surface area contributed by atoms with Crippen molar-refractivity contribution in [2.45, 2.75) is 32.1 Å². The van der Waals surface area contributed by atoms with E-state index < -0.39 is 5.92 Å². The molecule has 0 fully saturated rings. The van der Waals surface area contributed by atoms with Gasteiger partial charge in [-0.05, 0) is 22.6 Å². The predicted molar refractivity (Wildman–Crippen MR) is 95.5 cm³/mol. The third kappa shape index (κ3) is 3.38. The van der Waals surface area contributed by atoms with Crippen molar-refractivity contribution in [3.63, 3.8) is 0 Å². The van der Waals surface area contributed by atoms with E-state index in [2.05, 4.69) is 36.1 Å². The van der Waals surface area contributed by atoms with Gasteiger partial charge >= 0.3 is 0 Å². The molecule has 0 radical (unpaired) electrons. The van der Waals surface area contributed by atoms with Crippen molar-refractivity contribution >= 4 is 17.8 Å². The molecule has 0 spiro atoms. The molecule has 2 aromatic rings. The lowest BCUT2D eigenvalue weighted by Crippen LogP contribution is -2.41. The number of aromatic nitrogens is 2. The maximum Gasteiger partial charge on any atom is 0.253 e. The molecule has 0 saturated carbocycles. The Balaban J connectivity index is 1.82. The number of benzene rings is 1. The minimum absolute atomic E-state index is 0.0477. The summed E-state index contributed by atoms with van der Waals surface area (Å²) < 4.78 is 0. The first-order valence-corrected chi connectivity index (χ1v) is 8.25. The van der Waals surface area contributed by atoms with E-state index in [0.717, 1.165) is 11.1 Å². The van der Waals surface area contributed by atoms with Gasteiger partial charge in [-0.25, -0.2) is 9.97 Å². The van der Waals surface area contributed by atoms with Crippen molar-refractivity contribution in [1.82, 2.24) is 14.9 Å². The van der Waals surface area contributed by atoms with E-state index in [1.54, 1.807) is 36.5 Å². The Hall–Kier alpha value is -2.76. The largest absolute Gasteiger partial charge is 0.341 e. The summed E-state index contributed by atoms with van der Waals surface area (Å²) in [6, 6.07) is 7.22. The van der Waals surface area contributed by atoms with Gasteiger partial charge in [0.2, 0.25) is 11.9 Å². The second-order valence-corrected chi connectivity index (χ2v) is 7.36. The van der Waals surface area contributed by atoms with Crippen molar-refractivity contribution in [1.29, 1.82) is 0 Å². The molecule has 0 saturated heterocycles. The average molecular weight is 338 g/mol. The molecule has 2 heterocycles. The van der Waals surface area contributed by atoms with E-state index in [9.17, 15) is 9.59 Å². The van der Waals surface area contributed by atoms with Gasteiger partial charge in [0.15, 0.2) is 0 Å². The van der Waals surface area contributed by atoms with Crippen molar-refractivity contribution in [3.8, 4) is 0 Å². The summed E-state index contributed by atoms with van der Waals surface area (Å²) in [5, 5.41) is 2.77. The zero-order valence-electron chi connectivity index (χ0n) is 14.9. The number of hydrogen-bond acceptors (Lipinski definition) is 4. The summed E-state index contributed by atoms with van der Waals surface area (Å²) in [7, 11) is 1.70. The Kier molecular flexibility index (Phi) is 4.29. The predicted octanol–water partition coefficient (Wildman–Crippen LogP) is 2.58. The third-order valence-electron chi connectivity index (χ3n) is 4.44. The normalized spacial score (nSPS) is 17.2. The van der Waals surface area contributed by atoms with Crippen LogP contribution in [0.1, 0.15) is 48.2 Å². The molecular weight excluding hydrogens is 316 g/mol. The highest BCUT2D eigenvalue weighted by molar-refractivity contribution is 6.03. The van der Waals surface area contributed by atoms with Gasteiger partial charge in [-0.1, -0.05) is 39.0 Å². The van der Waals surface area contributed by atoms with Crippen molar-refractivity contribution in [2.24, 2.45) is 0 Å². The van der Waals surface area contributed by atoms with E-state index in [1.165, 1.54) is 0 Å². The third-order valence-corrected chi connectivity index (χ3v) is 4.44. The molecule has 25 heavy (non-hydrogen) atoms. The first kappa shape index (κ1) is 17.1. The summed E-state index contributed by atoms with van der Waals surface area (Å²) in [6.07, 6.45) is 3.46. The van der Waals surface area contributed by atoms with Gasteiger partial charge in [-0.15, -0.1) is 0 Å². The molecule has 1 aromatic heterocycles. The van der Waals surface area contributed by atoms with Crippen LogP contribution < -0.4 is 5.32 Å². The van der Waals surface area contributed by atoms with E-state index in [0.29, 0.717) is 12.1 Å². The minimum Gasteiger partial charge on any atom is -0.341 e. The number of amides is 2. The quantitative estimate of drug-likeness (QED) is 0.913. The SMILES string of the molecule is CN1CC(C(=O)Nc2ncc(C(C)(C)C)cn2)c2ccccc2C1=O. The van der Waals surface area contributed by atoms with Crippen LogP contribution in [0.4, 0.5) is 5.95 Å². The Bertz CT molecular complexity index is 809. The highest BCUT2D eigenvalue weighted by atomic mass is 16.2. The van der Waals surface area contributed by atoms with Gasteiger partial charge in [-0.2, -0.15) is 0 Å². The Morgan fingerprint density at radius 3 is 2.48 bits per heavy atom. The maximum absolute atomic E-state index is 12.7. The zero-order chi connectivity index (χ0) is 18.2. The minimum atomic E-state index is -0.440. The van der Waals surface area contributed by atoms with Crippen LogP contribution in [-0.2, 0) is 10.2 Å². The summed E-state index contributed by atoms with van der Waals surface area (Å²) in [6.45, 7) is 6.57. The number of nitrogens with zero attached hydrogens (tertiary/aromatic N) is 3. The van der Waals surface area contributed by atoms with E-state index in [1.807, 2.05) is 12.1 Å². The molecule has 1 atom stereocenters. The molecule has 0 bridgehead atoms. The Morgan fingerprint density at radius 1 is 1.20 bits per heavy atom. The van der Waals surface area contributed by atoms with Crippen LogP contribution in [0.5, 0.6) is 0 Å². The molecular formula is C19H22N4O2. The Labute approximate surface area is 147 Å². The number of likely N-dealkylation sites (N-methyl/N-ethyl adjacent to an activating group) is 1. The van der Waals surface area contributed by atoms with Crippen LogP contribution >= 0.6 is 0 Å². The number of carbonyl (C=O) groups excluding carboxylic acids is 2. The van der Waals surface area contributed by atoms with Crippen LogP contribution in [0.15, 0.2) is 36.7 Å². The second kappa shape index (κ2) is 6.27. The molecule has 3 rings (SSSR count). The molecule has 6 heteroatoms. The van der Waals surface area contributed by atoms with Crippen LogP contribution in [0.3, 0.4) is 0 Å². The Morgan fingerprint density at radius 2 is 1.84 bits per heavy atom. The molecule has 1 N–H and O–H groups in total. The standard InChI is InChI=1S/C19H22N4O2/c1-19(2,3)12-9-20-18(21-10-12)22-16(24)15-11-23(4)17(25)14-8-6-5-7-13(14)15/h5-10,15H,11H2,1-4H3,(H,20,21,22,24). The second-order valence-electron chi connectivity index (χ2n) is 7.36. The van der Waals surface area contributed by atoms with Crippen molar-refractivity contribution < 1.29 is 9.59 Å². The average Bonchev–Trinajstić information content (AvgIpc) is 2.57. The molecule has 1 unspecified atom stereocenters. The smallest absolute Gasteiger partial charge is 0.253 e. The zero-order valence-corrected chi connectivity index (χ0v) is 14.9. The van der Waals surface area contributed by atoms with Gasteiger partial charge < -0.3 is 4.90 Å². The molecule has 1 aliphatic heterocycles. The number of fused-ring (bicyclic) bond motifs is 1. The maximum atomic E-state index is 12.7. The van der Waals surface area contributed by atoms with Gasteiger partial charge in [0.25, 0.3) is 5.91 Å². The monoisotopic (exact) mass is 338 g/mol. The number of hydrogen-bond donors (Lipinski definition) is 1. The molecule has 1 aliphatic rings. The number of carbonyl (C=O) groups is 2. The fourth-order valence-corrected chi connectivity index (χ4v) is 2.86. The lowest BCUT2D eigenvalue weighted by Gasteiger charge is -2.30. The lowest BCUT2D eigenvalue weighted by molar-refractivity contribution is -0.118. The van der Waals surface area contributed by atoms with E-state index in [4.69, 9.17) is 0 Å². The first-order chi connectivity index (χ1) is 11.8. The highest BCUT2D eigenvalue weighted by Crippen LogP contribution is 2.28. The summed E-state index contributed by atoms with van der Waals surface area (Å²) >= 11 is 0. The fraction of sp³-hybridized carbons (Fsp3) is 0.368. The van der Waals surface area contributed by atoms with Crippen LogP contribution in [0.2, 0.25) is 0 Å². The van der Waals surface area contributed by atoms with Crippen LogP contribution in [0, 0.1) is 0 Å². The van der Waals surface area contributed by atoms with Gasteiger partial charge in [0, 0.05) is 31.5 Å². The summed E-state index contributed by atoms with van der Waals surface area (Å²) in [5.41, 5.74) is 2.27. The number of rotatable bonds is 2. The fourth-order valence-electron chi connectivity index (χ4n) is 2.86. The summed E-state index contributed by atoms with van der Waals surface area (Å²) in [4.78, 5) is 35.0. The number of anilines is 1. The van der Waals surface area contributed by atoms with Gasteiger partial charge in [-0.3, -0.25) is 14.9 Å². The molecule has 6 nitrogen and oxygen atoms in total. The van der Waals surface area contributed by atoms with Gasteiger partial charge in [0.1, 0.15) is 0 Å².